The average molecular weight is 827 g/mol. The number of anilines is 3. The number of hydrogen-bond donors (Lipinski definition) is 0. The molecule has 0 N–H and O–H groups in total. The number of aryl methyl sites for hydroxylation is 2. The zero-order chi connectivity index (χ0) is 44.0. The van der Waals surface area contributed by atoms with Gasteiger partial charge < -0.3 is 9.47 Å². The fourth-order valence-electron chi connectivity index (χ4n) is 13.1. The van der Waals surface area contributed by atoms with Crippen molar-refractivity contribution in [3.05, 3.63) is 201 Å². The maximum Gasteiger partial charge on any atom is 0.0582 e. The van der Waals surface area contributed by atoms with E-state index in [1.807, 2.05) is 0 Å². The van der Waals surface area contributed by atoms with Gasteiger partial charge in [0.15, 0.2) is 0 Å². The van der Waals surface area contributed by atoms with Crippen molar-refractivity contribution in [2.45, 2.75) is 90.9 Å². The first kappa shape index (κ1) is 37.9. The summed E-state index contributed by atoms with van der Waals surface area (Å²) >= 11 is 0. The Morgan fingerprint density at radius 1 is 0.344 bits per heavy atom. The second-order valence-corrected chi connectivity index (χ2v) is 21.6. The van der Waals surface area contributed by atoms with E-state index in [4.69, 9.17) is 0 Å². The predicted molar refractivity (Wildman–Crippen MR) is 270 cm³/mol. The summed E-state index contributed by atoms with van der Waals surface area (Å²) in [5, 5.41) is 2.71. The molecule has 0 fully saturated rings. The molecule has 0 unspecified atom stereocenters. The molecule has 8 aromatic carbocycles. The number of rotatable bonds is 4. The van der Waals surface area contributed by atoms with Gasteiger partial charge in [-0.1, -0.05) is 146 Å². The van der Waals surface area contributed by atoms with Crippen molar-refractivity contribution in [2.75, 3.05) is 4.90 Å². The van der Waals surface area contributed by atoms with Crippen LogP contribution in [0.25, 0.3) is 60.9 Å². The van der Waals surface area contributed by atoms with Gasteiger partial charge in [-0.05, 0) is 157 Å². The molecule has 64 heavy (non-hydrogen) atoms. The smallest absolute Gasteiger partial charge is 0.0582 e. The van der Waals surface area contributed by atoms with E-state index in [1.54, 1.807) is 0 Å². The third-order valence-electron chi connectivity index (χ3n) is 16.4. The maximum absolute atomic E-state index is 2.63. The molecular formula is C62H54N2. The monoisotopic (exact) mass is 826 g/mol. The normalized spacial score (nSPS) is 16.8. The van der Waals surface area contributed by atoms with Crippen LogP contribution in [0, 0.1) is 13.8 Å². The van der Waals surface area contributed by atoms with Crippen LogP contribution in [0.1, 0.15) is 111 Å². The molecule has 1 aromatic heterocycles. The summed E-state index contributed by atoms with van der Waals surface area (Å²) in [6.45, 7) is 23.7. The molecule has 3 heterocycles. The Morgan fingerprint density at radius 3 is 1.50 bits per heavy atom. The maximum atomic E-state index is 2.63. The quantitative estimate of drug-likeness (QED) is 0.172. The standard InChI is InChI=1S/C62H54N2/c1-35-27-36(2)29-41(28-35)63(39-22-25-44-42-15-11-12-17-48(42)59(3,4)53(44)33-39)40-23-26-45-43-24-21-37(31-52(43)62(9,10)54(45)34-40)38-30-47-46-16-13-18-49-56(46)64-57(47)55(32-38)61(7,8)51-20-14-19-50(58(51)64)60(49,5)6/h11-34H,1-10H3. The van der Waals surface area contributed by atoms with Gasteiger partial charge >= 0.3 is 0 Å². The van der Waals surface area contributed by atoms with E-state index >= 15 is 0 Å². The van der Waals surface area contributed by atoms with Crippen molar-refractivity contribution in [1.29, 1.82) is 0 Å². The molecule has 4 aliphatic rings. The molecule has 0 spiro atoms. The lowest BCUT2D eigenvalue weighted by Crippen LogP contribution is -2.33. The Balaban J connectivity index is 0.955. The summed E-state index contributed by atoms with van der Waals surface area (Å²) in [6, 6.07) is 56.6. The zero-order valence-electron chi connectivity index (χ0n) is 38.8. The second kappa shape index (κ2) is 12.1. The van der Waals surface area contributed by atoms with Crippen LogP contribution in [0.4, 0.5) is 17.1 Å². The lowest BCUT2D eigenvalue weighted by Gasteiger charge is -2.42. The van der Waals surface area contributed by atoms with E-state index in [2.05, 4.69) is 224 Å². The van der Waals surface area contributed by atoms with E-state index in [1.165, 1.54) is 134 Å². The molecule has 13 rings (SSSR count). The second-order valence-electron chi connectivity index (χ2n) is 21.6. The summed E-state index contributed by atoms with van der Waals surface area (Å²) in [5.41, 5.74) is 28.8. The van der Waals surface area contributed by atoms with E-state index in [9.17, 15) is 0 Å². The fourth-order valence-corrected chi connectivity index (χ4v) is 13.1. The molecule has 0 saturated heterocycles. The number of hydrogen-bond acceptors (Lipinski definition) is 1. The molecular weight excluding hydrogens is 773 g/mol. The predicted octanol–water partition coefficient (Wildman–Crippen LogP) is 16.4. The van der Waals surface area contributed by atoms with E-state index in [0.717, 1.165) is 0 Å². The Labute approximate surface area is 377 Å². The van der Waals surface area contributed by atoms with Crippen molar-refractivity contribution in [1.82, 2.24) is 4.57 Å². The summed E-state index contributed by atoms with van der Waals surface area (Å²) in [6.07, 6.45) is 0. The third-order valence-corrected chi connectivity index (χ3v) is 16.4. The largest absolute Gasteiger partial charge is 0.310 e. The number of benzene rings is 8. The third kappa shape index (κ3) is 4.66. The number of nitrogens with zero attached hydrogens (tertiary/aromatic N) is 2. The van der Waals surface area contributed by atoms with Crippen molar-refractivity contribution in [2.24, 2.45) is 0 Å². The molecule has 2 nitrogen and oxygen atoms in total. The van der Waals surface area contributed by atoms with Gasteiger partial charge in [-0.25, -0.2) is 0 Å². The van der Waals surface area contributed by atoms with Crippen LogP contribution in [0.15, 0.2) is 146 Å². The first-order chi connectivity index (χ1) is 30.6. The van der Waals surface area contributed by atoms with E-state index < -0.39 is 0 Å². The van der Waals surface area contributed by atoms with Crippen LogP contribution in [0.5, 0.6) is 0 Å². The lowest BCUT2D eigenvalue weighted by atomic mass is 9.68. The van der Waals surface area contributed by atoms with Crippen molar-refractivity contribution < 1.29 is 0 Å². The minimum atomic E-state index is -0.214. The van der Waals surface area contributed by atoms with Crippen LogP contribution in [-0.2, 0) is 21.7 Å². The molecule has 2 aliphatic heterocycles. The minimum Gasteiger partial charge on any atom is -0.310 e. The molecule has 0 amide bonds. The fraction of sp³-hybridized carbons (Fsp3) is 0.226. The lowest BCUT2D eigenvalue weighted by molar-refractivity contribution is 0.594. The number of fused-ring (bicyclic) bond motifs is 7. The van der Waals surface area contributed by atoms with Crippen molar-refractivity contribution in [3.8, 4) is 39.1 Å². The zero-order valence-corrected chi connectivity index (χ0v) is 38.8. The van der Waals surface area contributed by atoms with E-state index in [-0.39, 0.29) is 21.7 Å². The highest BCUT2D eigenvalue weighted by Gasteiger charge is 2.44. The summed E-state index contributed by atoms with van der Waals surface area (Å²) in [4.78, 5) is 2.49. The van der Waals surface area contributed by atoms with Gasteiger partial charge in [0.2, 0.25) is 0 Å². The Kier molecular flexibility index (Phi) is 7.17. The van der Waals surface area contributed by atoms with Gasteiger partial charge in [0.1, 0.15) is 0 Å². The van der Waals surface area contributed by atoms with Gasteiger partial charge in [0.25, 0.3) is 0 Å². The van der Waals surface area contributed by atoms with Crippen LogP contribution < -0.4 is 4.90 Å². The molecule has 312 valence electrons. The van der Waals surface area contributed by atoms with Gasteiger partial charge in [-0.2, -0.15) is 0 Å². The number of aromatic nitrogens is 1. The molecule has 0 radical (unpaired) electrons. The van der Waals surface area contributed by atoms with Crippen LogP contribution in [0.3, 0.4) is 0 Å². The highest BCUT2D eigenvalue weighted by Crippen LogP contribution is 2.57. The highest BCUT2D eigenvalue weighted by atomic mass is 15.1. The average Bonchev–Trinajstić information content (AvgIpc) is 3.81. The Morgan fingerprint density at radius 2 is 0.828 bits per heavy atom. The summed E-state index contributed by atoms with van der Waals surface area (Å²) in [5.74, 6) is 0. The summed E-state index contributed by atoms with van der Waals surface area (Å²) < 4.78 is 2.63. The highest BCUT2D eigenvalue weighted by molar-refractivity contribution is 6.15. The molecule has 0 saturated carbocycles. The van der Waals surface area contributed by atoms with Crippen LogP contribution in [0.2, 0.25) is 0 Å². The molecule has 0 atom stereocenters. The first-order valence-corrected chi connectivity index (χ1v) is 23.3. The van der Waals surface area contributed by atoms with Crippen molar-refractivity contribution in [3.63, 3.8) is 0 Å². The van der Waals surface area contributed by atoms with Gasteiger partial charge in [0.05, 0.1) is 16.7 Å². The van der Waals surface area contributed by atoms with Gasteiger partial charge in [-0.3, -0.25) is 0 Å². The first-order valence-electron chi connectivity index (χ1n) is 23.3. The molecule has 2 heteroatoms. The molecule has 2 aliphatic carbocycles. The topological polar surface area (TPSA) is 8.17 Å². The minimum absolute atomic E-state index is 0.0901. The molecule has 0 bridgehead atoms. The Hall–Kier alpha value is -6.64. The van der Waals surface area contributed by atoms with Gasteiger partial charge in [0, 0.05) is 49.5 Å². The summed E-state index contributed by atoms with van der Waals surface area (Å²) in [7, 11) is 0. The van der Waals surface area contributed by atoms with Crippen molar-refractivity contribution >= 4 is 38.9 Å². The van der Waals surface area contributed by atoms with Gasteiger partial charge in [-0.15, -0.1) is 0 Å². The number of para-hydroxylation sites is 2. The SMILES string of the molecule is Cc1cc(C)cc(N(c2ccc3c(c2)C(C)(C)c2ccccc2-3)c2ccc3c(c2)C(C)(C)c2cc(-c4cc5c6c(c4)c4cccc7c4n6-c4c(cccc4C5(C)C)C7(C)C)ccc2-3)c1. The van der Waals surface area contributed by atoms with E-state index in [0.29, 0.717) is 0 Å². The Bertz CT molecular complexity index is 3560. The molecule has 9 aromatic rings. The van der Waals surface area contributed by atoms with Crippen LogP contribution in [-0.4, -0.2) is 4.57 Å². The van der Waals surface area contributed by atoms with Crippen LogP contribution >= 0.6 is 0 Å².